The van der Waals surface area contributed by atoms with E-state index >= 15 is 0 Å². The second-order valence-electron chi connectivity index (χ2n) is 2.66. The van der Waals surface area contributed by atoms with Gasteiger partial charge in [-0.15, -0.1) is 5.92 Å². The molecule has 1 rings (SSSR count). The van der Waals surface area contributed by atoms with Crippen molar-refractivity contribution in [1.82, 2.24) is 9.97 Å². The van der Waals surface area contributed by atoms with Gasteiger partial charge in [-0.05, 0) is 13.8 Å². The summed E-state index contributed by atoms with van der Waals surface area (Å²) in [6, 6.07) is 0. The number of carbonyl (C=O) groups is 1. The molecule has 0 fully saturated rings. The minimum Gasteiger partial charge on any atom is -0.476 e. The van der Waals surface area contributed by atoms with Crippen molar-refractivity contribution in [2.45, 2.75) is 13.8 Å². The summed E-state index contributed by atoms with van der Waals surface area (Å²) in [4.78, 5) is 18.3. The van der Waals surface area contributed by atoms with Crippen molar-refractivity contribution in [1.29, 1.82) is 0 Å². The highest BCUT2D eigenvalue weighted by Crippen LogP contribution is 2.08. The third kappa shape index (κ3) is 2.95. The highest BCUT2D eigenvalue weighted by molar-refractivity contribution is 5.86. The van der Waals surface area contributed by atoms with Gasteiger partial charge in [0.05, 0.1) is 11.9 Å². The first-order valence-corrected chi connectivity index (χ1v) is 4.24. The lowest BCUT2D eigenvalue weighted by atomic mass is 10.3. The minimum atomic E-state index is -1.10. The van der Waals surface area contributed by atoms with Crippen LogP contribution in [0, 0.1) is 18.8 Å². The average molecular weight is 206 g/mol. The van der Waals surface area contributed by atoms with Gasteiger partial charge in [-0.25, -0.2) is 14.8 Å². The highest BCUT2D eigenvalue weighted by Gasteiger charge is 2.10. The number of ether oxygens (including phenoxy) is 1. The highest BCUT2D eigenvalue weighted by atomic mass is 16.5. The van der Waals surface area contributed by atoms with Gasteiger partial charge in [-0.2, -0.15) is 0 Å². The first-order valence-electron chi connectivity index (χ1n) is 4.24. The molecule has 0 unspecified atom stereocenters. The molecule has 78 valence electrons. The zero-order valence-corrected chi connectivity index (χ0v) is 8.44. The van der Waals surface area contributed by atoms with Crippen molar-refractivity contribution < 1.29 is 14.6 Å². The Balaban J connectivity index is 2.80. The van der Waals surface area contributed by atoms with Gasteiger partial charge in [0.1, 0.15) is 0 Å². The summed E-state index contributed by atoms with van der Waals surface area (Å²) < 4.78 is 5.12. The van der Waals surface area contributed by atoms with Crippen LogP contribution in [0.2, 0.25) is 0 Å². The van der Waals surface area contributed by atoms with Gasteiger partial charge in [0.2, 0.25) is 5.88 Å². The zero-order valence-electron chi connectivity index (χ0n) is 8.44. The van der Waals surface area contributed by atoms with E-state index in [0.29, 0.717) is 5.69 Å². The summed E-state index contributed by atoms with van der Waals surface area (Å²) in [5.74, 6) is 4.54. The van der Waals surface area contributed by atoms with Crippen LogP contribution in [-0.4, -0.2) is 27.7 Å². The molecular weight excluding hydrogens is 196 g/mol. The molecule has 0 saturated carbocycles. The number of carboxylic acid groups (broad SMARTS) is 1. The van der Waals surface area contributed by atoms with Crippen molar-refractivity contribution in [3.8, 4) is 17.7 Å². The molecule has 1 aromatic rings. The van der Waals surface area contributed by atoms with Gasteiger partial charge >= 0.3 is 5.97 Å². The van der Waals surface area contributed by atoms with E-state index in [4.69, 9.17) is 9.84 Å². The number of aromatic nitrogens is 2. The van der Waals surface area contributed by atoms with E-state index in [1.54, 1.807) is 13.8 Å². The van der Waals surface area contributed by atoms with Crippen LogP contribution in [-0.2, 0) is 0 Å². The van der Waals surface area contributed by atoms with Gasteiger partial charge in [0.15, 0.2) is 12.3 Å². The van der Waals surface area contributed by atoms with Gasteiger partial charge in [-0.3, -0.25) is 0 Å². The van der Waals surface area contributed by atoms with E-state index in [1.165, 1.54) is 6.20 Å². The number of aromatic carboxylic acids is 1. The molecule has 0 aliphatic heterocycles. The molecule has 1 heterocycles. The van der Waals surface area contributed by atoms with E-state index in [2.05, 4.69) is 21.8 Å². The minimum absolute atomic E-state index is 0.0658. The van der Waals surface area contributed by atoms with Gasteiger partial charge in [0, 0.05) is 0 Å². The summed E-state index contributed by atoms with van der Waals surface area (Å²) in [5, 5.41) is 8.71. The van der Waals surface area contributed by atoms with Gasteiger partial charge in [-0.1, -0.05) is 5.92 Å². The fourth-order valence-electron chi connectivity index (χ4n) is 0.922. The number of nitrogens with zero attached hydrogens (tertiary/aromatic N) is 2. The van der Waals surface area contributed by atoms with Crippen LogP contribution in [0.25, 0.3) is 0 Å². The number of hydrogen-bond donors (Lipinski definition) is 1. The van der Waals surface area contributed by atoms with Crippen LogP contribution in [0.1, 0.15) is 23.1 Å². The SMILES string of the molecule is CC#CCOc1cnc(C(=O)O)c(C)n1. The second kappa shape index (κ2) is 4.96. The second-order valence-corrected chi connectivity index (χ2v) is 2.66. The van der Waals surface area contributed by atoms with Crippen molar-refractivity contribution in [2.24, 2.45) is 0 Å². The largest absolute Gasteiger partial charge is 0.476 e. The van der Waals surface area contributed by atoms with Crippen LogP contribution in [0.5, 0.6) is 5.88 Å². The van der Waals surface area contributed by atoms with E-state index in [-0.39, 0.29) is 18.2 Å². The Morgan fingerprint density at radius 2 is 2.40 bits per heavy atom. The maximum atomic E-state index is 10.6. The molecular formula is C10H10N2O3. The molecule has 0 aliphatic rings. The Morgan fingerprint density at radius 3 is 2.93 bits per heavy atom. The summed E-state index contributed by atoms with van der Waals surface area (Å²) >= 11 is 0. The fourth-order valence-corrected chi connectivity index (χ4v) is 0.922. The lowest BCUT2D eigenvalue weighted by Gasteiger charge is -2.03. The monoisotopic (exact) mass is 206 g/mol. The standard InChI is InChI=1S/C10H10N2O3/c1-3-4-5-15-8-6-11-9(10(13)14)7(2)12-8/h6H,5H2,1-2H3,(H,13,14). The van der Waals surface area contributed by atoms with Crippen molar-refractivity contribution in [2.75, 3.05) is 6.61 Å². The molecule has 1 aromatic heterocycles. The first-order chi connectivity index (χ1) is 7.15. The molecule has 5 nitrogen and oxygen atoms in total. The molecule has 0 atom stereocenters. The Hall–Kier alpha value is -2.09. The molecule has 0 aliphatic carbocycles. The topological polar surface area (TPSA) is 72.3 Å². The van der Waals surface area contributed by atoms with Crippen LogP contribution >= 0.6 is 0 Å². The Labute approximate surface area is 87.1 Å². The summed E-state index contributed by atoms with van der Waals surface area (Å²) in [7, 11) is 0. The van der Waals surface area contributed by atoms with Crippen LogP contribution in [0.15, 0.2) is 6.20 Å². The molecule has 0 bridgehead atoms. The number of carboxylic acids is 1. The fraction of sp³-hybridized carbons (Fsp3) is 0.300. The van der Waals surface area contributed by atoms with E-state index in [1.807, 2.05) is 0 Å². The van der Waals surface area contributed by atoms with Crippen LogP contribution < -0.4 is 4.74 Å². The average Bonchev–Trinajstić information content (AvgIpc) is 2.17. The predicted molar refractivity (Wildman–Crippen MR) is 52.7 cm³/mol. The molecule has 1 N–H and O–H groups in total. The van der Waals surface area contributed by atoms with E-state index in [9.17, 15) is 4.79 Å². The normalized spacial score (nSPS) is 8.93. The summed E-state index contributed by atoms with van der Waals surface area (Å²) in [6.45, 7) is 3.49. The summed E-state index contributed by atoms with van der Waals surface area (Å²) in [5.41, 5.74) is 0.258. The molecule has 15 heavy (non-hydrogen) atoms. The van der Waals surface area contributed by atoms with E-state index in [0.717, 1.165) is 0 Å². The number of rotatable bonds is 3. The quantitative estimate of drug-likeness (QED) is 0.743. The Kier molecular flexibility index (Phi) is 3.63. The Morgan fingerprint density at radius 1 is 1.67 bits per heavy atom. The predicted octanol–water partition coefficient (Wildman–Crippen LogP) is 0.885. The maximum Gasteiger partial charge on any atom is 0.356 e. The molecule has 0 aromatic carbocycles. The number of hydrogen-bond acceptors (Lipinski definition) is 4. The first kappa shape index (κ1) is 11.0. The Bertz CT molecular complexity index is 432. The maximum absolute atomic E-state index is 10.6. The van der Waals surface area contributed by atoms with Crippen LogP contribution in [0.3, 0.4) is 0 Å². The summed E-state index contributed by atoms with van der Waals surface area (Å²) in [6.07, 6.45) is 1.27. The molecule has 0 saturated heterocycles. The lowest BCUT2D eigenvalue weighted by Crippen LogP contribution is -2.07. The van der Waals surface area contributed by atoms with Crippen molar-refractivity contribution in [3.05, 3.63) is 17.6 Å². The van der Waals surface area contributed by atoms with Gasteiger partial charge in [0.25, 0.3) is 0 Å². The smallest absolute Gasteiger partial charge is 0.356 e. The van der Waals surface area contributed by atoms with Crippen LogP contribution in [0.4, 0.5) is 0 Å². The van der Waals surface area contributed by atoms with Gasteiger partial charge < -0.3 is 9.84 Å². The third-order valence-electron chi connectivity index (χ3n) is 1.60. The molecule has 0 radical (unpaired) electrons. The molecule has 5 heteroatoms. The number of aryl methyl sites for hydroxylation is 1. The molecule has 0 spiro atoms. The third-order valence-corrected chi connectivity index (χ3v) is 1.60. The lowest BCUT2D eigenvalue weighted by molar-refractivity contribution is 0.0689. The van der Waals surface area contributed by atoms with Crippen molar-refractivity contribution in [3.63, 3.8) is 0 Å². The van der Waals surface area contributed by atoms with Crippen molar-refractivity contribution >= 4 is 5.97 Å². The molecule has 0 amide bonds. The van der Waals surface area contributed by atoms with E-state index < -0.39 is 5.97 Å². The zero-order chi connectivity index (χ0) is 11.3.